The zero-order chi connectivity index (χ0) is 15.6. The van der Waals surface area contributed by atoms with Crippen LogP contribution in [-0.2, 0) is 16.6 Å². The molecule has 2 aromatic rings. The van der Waals surface area contributed by atoms with Gasteiger partial charge >= 0.3 is 5.97 Å². The molecule has 0 saturated heterocycles. The largest absolute Gasteiger partial charge is 0.478 e. The Morgan fingerprint density at radius 1 is 1.33 bits per heavy atom. The summed E-state index contributed by atoms with van der Waals surface area (Å²) in [4.78, 5) is 12.9. The lowest BCUT2D eigenvalue weighted by molar-refractivity contribution is 0.0696. The van der Waals surface area contributed by atoms with E-state index in [9.17, 15) is 13.2 Å². The molecule has 2 rings (SSSR count). The Morgan fingerprint density at radius 3 is 2.57 bits per heavy atom. The number of carboxylic acids is 1. The number of thiophene rings is 1. The number of carbonyl (C=O) groups is 1. The highest BCUT2D eigenvalue weighted by atomic mass is 79.9. The van der Waals surface area contributed by atoms with Crippen LogP contribution in [-0.4, -0.2) is 19.5 Å². The molecule has 8 heteroatoms. The Bertz CT molecular complexity index is 783. The first kappa shape index (κ1) is 16.2. The fraction of sp³-hybridized carbons (Fsp3) is 0.154. The van der Waals surface area contributed by atoms with Gasteiger partial charge in [0, 0.05) is 20.8 Å². The van der Waals surface area contributed by atoms with Crippen LogP contribution >= 0.6 is 27.3 Å². The van der Waals surface area contributed by atoms with E-state index in [0.29, 0.717) is 0 Å². The summed E-state index contributed by atoms with van der Waals surface area (Å²) in [6.07, 6.45) is 0. The number of benzene rings is 1. The van der Waals surface area contributed by atoms with Gasteiger partial charge in [-0.25, -0.2) is 17.9 Å². The Hall–Kier alpha value is -1.22. The number of aryl methyl sites for hydroxylation is 1. The van der Waals surface area contributed by atoms with Crippen molar-refractivity contribution in [3.63, 3.8) is 0 Å². The van der Waals surface area contributed by atoms with Gasteiger partial charge in [-0.1, -0.05) is 0 Å². The molecular weight excluding hydrogens is 378 g/mol. The van der Waals surface area contributed by atoms with Crippen LogP contribution in [0.1, 0.15) is 20.1 Å². The summed E-state index contributed by atoms with van der Waals surface area (Å²) in [6.45, 7) is 2.15. The third-order valence-electron chi connectivity index (χ3n) is 2.70. The van der Waals surface area contributed by atoms with Crippen LogP contribution in [0, 0.1) is 6.92 Å². The molecule has 0 fully saturated rings. The van der Waals surface area contributed by atoms with Crippen molar-refractivity contribution in [3.05, 3.63) is 50.1 Å². The van der Waals surface area contributed by atoms with Crippen LogP contribution < -0.4 is 4.72 Å². The standard InChI is InChI=1S/C13H12BrNO4S2/c1-8-2-4-10(20-8)7-15-21(18,19)12-5-3-9(13(16)17)6-11(12)14/h2-6,15H,7H2,1H3,(H,16,17). The highest BCUT2D eigenvalue weighted by Gasteiger charge is 2.19. The lowest BCUT2D eigenvalue weighted by atomic mass is 10.2. The van der Waals surface area contributed by atoms with Gasteiger partial charge in [0.2, 0.25) is 10.0 Å². The molecule has 0 atom stereocenters. The van der Waals surface area contributed by atoms with E-state index in [1.165, 1.54) is 29.5 Å². The van der Waals surface area contributed by atoms with Crippen molar-refractivity contribution in [2.45, 2.75) is 18.4 Å². The van der Waals surface area contributed by atoms with Crippen molar-refractivity contribution in [2.24, 2.45) is 0 Å². The van der Waals surface area contributed by atoms with Crippen molar-refractivity contribution in [2.75, 3.05) is 0 Å². The number of hydrogen-bond donors (Lipinski definition) is 2. The average molecular weight is 390 g/mol. The van der Waals surface area contributed by atoms with Gasteiger partial charge in [0.1, 0.15) is 0 Å². The minimum Gasteiger partial charge on any atom is -0.478 e. The lowest BCUT2D eigenvalue weighted by Crippen LogP contribution is -2.23. The van der Waals surface area contributed by atoms with E-state index >= 15 is 0 Å². The smallest absolute Gasteiger partial charge is 0.335 e. The maximum atomic E-state index is 12.2. The number of hydrogen-bond acceptors (Lipinski definition) is 4. The predicted octanol–water partition coefficient (Wildman–Crippen LogP) is 3.00. The molecule has 0 amide bonds. The van der Waals surface area contributed by atoms with Crippen molar-refractivity contribution >= 4 is 43.3 Å². The van der Waals surface area contributed by atoms with Gasteiger partial charge in [-0.2, -0.15) is 0 Å². The Morgan fingerprint density at radius 2 is 2.05 bits per heavy atom. The second kappa shape index (κ2) is 6.27. The molecule has 0 aliphatic carbocycles. The molecule has 0 aliphatic rings. The van der Waals surface area contributed by atoms with Gasteiger partial charge in [-0.15, -0.1) is 11.3 Å². The molecule has 1 heterocycles. The van der Waals surface area contributed by atoms with Gasteiger partial charge in [0.15, 0.2) is 0 Å². The number of sulfonamides is 1. The minimum atomic E-state index is -3.71. The second-order valence-corrected chi connectivity index (χ2v) is 8.25. The fourth-order valence-corrected chi connectivity index (χ4v) is 4.68. The number of nitrogens with one attached hydrogen (secondary N) is 1. The summed E-state index contributed by atoms with van der Waals surface area (Å²) in [5.74, 6) is -1.11. The minimum absolute atomic E-state index is 0.0146. The fourth-order valence-electron chi connectivity index (χ4n) is 1.68. The van der Waals surface area contributed by atoms with E-state index in [1.54, 1.807) is 0 Å². The number of halogens is 1. The molecule has 0 spiro atoms. The van der Waals surface area contributed by atoms with Crippen LogP contribution in [0.5, 0.6) is 0 Å². The van der Waals surface area contributed by atoms with Crippen LogP contribution in [0.25, 0.3) is 0 Å². The second-order valence-electron chi connectivity index (χ2n) is 4.29. The number of aromatic carboxylic acids is 1. The van der Waals surface area contributed by atoms with E-state index in [2.05, 4.69) is 20.7 Å². The van der Waals surface area contributed by atoms with Crippen molar-refractivity contribution in [1.82, 2.24) is 4.72 Å². The maximum Gasteiger partial charge on any atom is 0.335 e. The van der Waals surface area contributed by atoms with Gasteiger partial charge in [-0.05, 0) is 53.2 Å². The van der Waals surface area contributed by atoms with E-state index < -0.39 is 16.0 Å². The van der Waals surface area contributed by atoms with Gasteiger partial charge in [0.05, 0.1) is 10.5 Å². The van der Waals surface area contributed by atoms with Gasteiger partial charge in [-0.3, -0.25) is 0 Å². The molecule has 112 valence electrons. The molecular formula is C13H12BrNO4S2. The molecule has 0 bridgehead atoms. The monoisotopic (exact) mass is 389 g/mol. The molecule has 5 nitrogen and oxygen atoms in total. The van der Waals surface area contributed by atoms with E-state index in [-0.39, 0.29) is 21.5 Å². The summed E-state index contributed by atoms with van der Waals surface area (Å²) in [5, 5.41) is 8.87. The first-order valence-electron chi connectivity index (χ1n) is 5.87. The Balaban J connectivity index is 2.21. The Kier molecular flexibility index (Phi) is 4.82. The third kappa shape index (κ3) is 3.91. The first-order chi connectivity index (χ1) is 9.79. The summed E-state index contributed by atoms with van der Waals surface area (Å²) in [5.41, 5.74) is 0.0229. The first-order valence-corrected chi connectivity index (χ1v) is 8.97. The van der Waals surface area contributed by atoms with Crippen LogP contribution in [0.15, 0.2) is 39.7 Å². The quantitative estimate of drug-likeness (QED) is 0.822. The topological polar surface area (TPSA) is 83.5 Å². The SMILES string of the molecule is Cc1ccc(CNS(=O)(=O)c2ccc(C(=O)O)cc2Br)s1. The van der Waals surface area contributed by atoms with E-state index in [0.717, 1.165) is 9.75 Å². The molecule has 1 aromatic carbocycles. The normalized spacial score (nSPS) is 11.5. The van der Waals surface area contributed by atoms with Crippen molar-refractivity contribution in [3.8, 4) is 0 Å². The lowest BCUT2D eigenvalue weighted by Gasteiger charge is -2.08. The van der Waals surface area contributed by atoms with Crippen LogP contribution in [0.4, 0.5) is 0 Å². The highest BCUT2D eigenvalue weighted by molar-refractivity contribution is 9.10. The molecule has 0 aliphatic heterocycles. The number of carboxylic acid groups (broad SMARTS) is 1. The molecule has 0 saturated carbocycles. The molecule has 0 unspecified atom stereocenters. The third-order valence-corrected chi connectivity index (χ3v) is 6.08. The molecule has 1 aromatic heterocycles. The van der Waals surface area contributed by atoms with Gasteiger partial charge < -0.3 is 5.11 Å². The van der Waals surface area contributed by atoms with E-state index in [4.69, 9.17) is 5.11 Å². The summed E-state index contributed by atoms with van der Waals surface area (Å²) in [7, 11) is -3.71. The summed E-state index contributed by atoms with van der Waals surface area (Å²) < 4.78 is 27.2. The van der Waals surface area contributed by atoms with Crippen LogP contribution in [0.2, 0.25) is 0 Å². The van der Waals surface area contributed by atoms with E-state index in [1.807, 2.05) is 19.1 Å². The number of rotatable bonds is 5. The predicted molar refractivity (Wildman–Crippen MR) is 84.2 cm³/mol. The zero-order valence-corrected chi connectivity index (χ0v) is 14.2. The van der Waals surface area contributed by atoms with Crippen molar-refractivity contribution in [1.29, 1.82) is 0 Å². The average Bonchev–Trinajstić information content (AvgIpc) is 2.82. The van der Waals surface area contributed by atoms with Gasteiger partial charge in [0.25, 0.3) is 0 Å². The molecule has 2 N–H and O–H groups in total. The molecule has 21 heavy (non-hydrogen) atoms. The molecule has 0 radical (unpaired) electrons. The van der Waals surface area contributed by atoms with Crippen LogP contribution in [0.3, 0.4) is 0 Å². The summed E-state index contributed by atoms with van der Waals surface area (Å²) >= 11 is 4.62. The summed E-state index contributed by atoms with van der Waals surface area (Å²) in [6, 6.07) is 7.59. The zero-order valence-electron chi connectivity index (χ0n) is 11.0. The Labute approximate surface area is 134 Å². The highest BCUT2D eigenvalue weighted by Crippen LogP contribution is 2.24. The maximum absolute atomic E-state index is 12.2. The van der Waals surface area contributed by atoms with Crippen molar-refractivity contribution < 1.29 is 18.3 Å².